The molecule has 0 fully saturated rings. The van der Waals surface area contributed by atoms with E-state index in [-0.39, 0.29) is 24.4 Å². The van der Waals surface area contributed by atoms with E-state index in [4.69, 9.17) is 9.47 Å². The van der Waals surface area contributed by atoms with Gasteiger partial charge in [-0.25, -0.2) is 0 Å². The molecule has 2 amide bonds. The molecule has 1 aliphatic heterocycles. The van der Waals surface area contributed by atoms with E-state index in [2.05, 4.69) is 20.8 Å². The summed E-state index contributed by atoms with van der Waals surface area (Å²) in [4.78, 5) is 25.0. The molecular formula is C22H16N4O4S2. The number of fused-ring (bicyclic) bond motifs is 2. The van der Waals surface area contributed by atoms with Gasteiger partial charge in [0.05, 0.1) is 5.75 Å². The van der Waals surface area contributed by atoms with Gasteiger partial charge in [-0.3, -0.25) is 14.9 Å². The number of nitrogens with one attached hydrogen (secondary N) is 2. The van der Waals surface area contributed by atoms with E-state index in [1.54, 1.807) is 24.3 Å². The SMILES string of the molecule is O=C(CSc1nnc(NC(=O)c2cccc3ccccc23)s1)Nc1ccc2c(c1)OCO2. The molecule has 4 aromatic rings. The maximum absolute atomic E-state index is 12.7. The van der Waals surface area contributed by atoms with Crippen LogP contribution in [0.3, 0.4) is 0 Å². The second kappa shape index (κ2) is 8.85. The van der Waals surface area contributed by atoms with Gasteiger partial charge in [0.1, 0.15) is 0 Å². The highest BCUT2D eigenvalue weighted by Crippen LogP contribution is 2.34. The predicted molar refractivity (Wildman–Crippen MR) is 124 cm³/mol. The average Bonchev–Trinajstić information content (AvgIpc) is 3.46. The zero-order valence-corrected chi connectivity index (χ0v) is 18.2. The first kappa shape index (κ1) is 20.3. The second-order valence-corrected chi connectivity index (χ2v) is 8.96. The highest BCUT2D eigenvalue weighted by molar-refractivity contribution is 8.01. The molecule has 0 aliphatic carbocycles. The van der Waals surface area contributed by atoms with E-state index >= 15 is 0 Å². The fourth-order valence-electron chi connectivity index (χ4n) is 3.21. The molecule has 0 saturated heterocycles. The van der Waals surface area contributed by atoms with Crippen molar-refractivity contribution in [1.29, 1.82) is 0 Å². The van der Waals surface area contributed by atoms with Gasteiger partial charge in [0.15, 0.2) is 15.8 Å². The summed E-state index contributed by atoms with van der Waals surface area (Å²) in [6, 6.07) is 18.5. The molecule has 0 atom stereocenters. The molecule has 160 valence electrons. The molecule has 0 spiro atoms. The van der Waals surface area contributed by atoms with E-state index < -0.39 is 0 Å². The summed E-state index contributed by atoms with van der Waals surface area (Å²) in [6.07, 6.45) is 0. The third kappa shape index (κ3) is 4.36. The normalized spacial score (nSPS) is 12.0. The number of hydrogen-bond acceptors (Lipinski definition) is 8. The monoisotopic (exact) mass is 464 g/mol. The number of rotatable bonds is 6. The topological polar surface area (TPSA) is 102 Å². The van der Waals surface area contributed by atoms with Crippen LogP contribution in [0.25, 0.3) is 10.8 Å². The molecule has 32 heavy (non-hydrogen) atoms. The molecule has 0 unspecified atom stereocenters. The Morgan fingerprint density at radius 1 is 0.969 bits per heavy atom. The van der Waals surface area contributed by atoms with E-state index in [1.807, 2.05) is 36.4 Å². The molecule has 3 aromatic carbocycles. The zero-order valence-electron chi connectivity index (χ0n) is 16.5. The Balaban J connectivity index is 1.18. The number of carbonyl (C=O) groups excluding carboxylic acids is 2. The maximum atomic E-state index is 12.7. The number of carbonyl (C=O) groups is 2. The first-order valence-corrected chi connectivity index (χ1v) is 11.4. The third-order valence-electron chi connectivity index (χ3n) is 4.64. The summed E-state index contributed by atoms with van der Waals surface area (Å²) in [5.41, 5.74) is 1.19. The lowest BCUT2D eigenvalue weighted by atomic mass is 10.0. The van der Waals surface area contributed by atoms with Crippen LogP contribution in [0.15, 0.2) is 65.0 Å². The first-order chi connectivity index (χ1) is 15.7. The number of nitrogens with zero attached hydrogens (tertiary/aromatic N) is 2. The third-order valence-corrected chi connectivity index (χ3v) is 6.62. The standard InChI is InChI=1S/C22H16N4O4S2/c27-19(23-14-8-9-17-18(10-14)30-12-29-17)11-31-22-26-25-21(32-22)24-20(28)16-7-3-5-13-4-1-2-6-15(13)16/h1-10H,11-12H2,(H,23,27)(H,24,25,28). The van der Waals surface area contributed by atoms with Gasteiger partial charge in [0, 0.05) is 17.3 Å². The summed E-state index contributed by atoms with van der Waals surface area (Å²) in [5, 5.41) is 15.9. The summed E-state index contributed by atoms with van der Waals surface area (Å²) in [5.74, 6) is 0.969. The van der Waals surface area contributed by atoms with Gasteiger partial charge in [-0.15, -0.1) is 10.2 Å². The molecule has 2 N–H and O–H groups in total. The Bertz CT molecular complexity index is 1320. The van der Waals surface area contributed by atoms with Crippen LogP contribution in [0, 0.1) is 0 Å². The van der Waals surface area contributed by atoms with E-state index in [1.165, 1.54) is 23.1 Å². The molecule has 1 aromatic heterocycles. The van der Waals surface area contributed by atoms with Crippen LogP contribution in [0.1, 0.15) is 10.4 Å². The highest BCUT2D eigenvalue weighted by atomic mass is 32.2. The van der Waals surface area contributed by atoms with Crippen molar-refractivity contribution in [1.82, 2.24) is 10.2 Å². The molecular weight excluding hydrogens is 448 g/mol. The van der Waals surface area contributed by atoms with Crippen molar-refractivity contribution in [3.8, 4) is 11.5 Å². The van der Waals surface area contributed by atoms with Crippen molar-refractivity contribution in [3.05, 3.63) is 66.2 Å². The summed E-state index contributed by atoms with van der Waals surface area (Å²) >= 11 is 2.46. The molecule has 1 aliphatic rings. The Hall–Kier alpha value is -3.63. The van der Waals surface area contributed by atoms with Crippen LogP contribution < -0.4 is 20.1 Å². The maximum Gasteiger partial charge on any atom is 0.258 e. The van der Waals surface area contributed by atoms with Gasteiger partial charge < -0.3 is 14.8 Å². The molecule has 0 radical (unpaired) electrons. The molecule has 2 heterocycles. The van der Waals surface area contributed by atoms with Crippen LogP contribution in [0.5, 0.6) is 11.5 Å². The highest BCUT2D eigenvalue weighted by Gasteiger charge is 2.16. The van der Waals surface area contributed by atoms with E-state index in [0.717, 1.165) is 10.8 Å². The Morgan fingerprint density at radius 2 is 1.81 bits per heavy atom. The van der Waals surface area contributed by atoms with Gasteiger partial charge in [0.25, 0.3) is 5.91 Å². The summed E-state index contributed by atoms with van der Waals surface area (Å²) in [7, 11) is 0. The van der Waals surface area contributed by atoms with Gasteiger partial charge in [0.2, 0.25) is 17.8 Å². The van der Waals surface area contributed by atoms with Gasteiger partial charge in [-0.2, -0.15) is 0 Å². The van der Waals surface area contributed by atoms with E-state index in [0.29, 0.717) is 32.2 Å². The predicted octanol–water partition coefficient (Wildman–Crippen LogP) is 4.40. The van der Waals surface area contributed by atoms with Crippen LogP contribution in [0.4, 0.5) is 10.8 Å². The molecule has 5 rings (SSSR count). The van der Waals surface area contributed by atoms with Crippen molar-refractivity contribution in [2.45, 2.75) is 4.34 Å². The Kier molecular flexibility index (Phi) is 5.61. The largest absolute Gasteiger partial charge is 0.454 e. The lowest BCUT2D eigenvalue weighted by Crippen LogP contribution is -2.13. The Labute approximate surface area is 191 Å². The number of thioether (sulfide) groups is 1. The van der Waals surface area contributed by atoms with Crippen molar-refractivity contribution >= 4 is 56.5 Å². The average molecular weight is 465 g/mol. The smallest absolute Gasteiger partial charge is 0.258 e. The van der Waals surface area contributed by atoms with Crippen LogP contribution in [0.2, 0.25) is 0 Å². The van der Waals surface area contributed by atoms with Crippen LogP contribution >= 0.6 is 23.1 Å². The lowest BCUT2D eigenvalue weighted by molar-refractivity contribution is -0.113. The number of aromatic nitrogens is 2. The van der Waals surface area contributed by atoms with Crippen LogP contribution in [-0.2, 0) is 4.79 Å². The number of ether oxygens (including phenoxy) is 2. The second-order valence-electron chi connectivity index (χ2n) is 6.76. The molecule has 0 bridgehead atoms. The Morgan fingerprint density at radius 3 is 2.75 bits per heavy atom. The molecule has 0 saturated carbocycles. The van der Waals surface area contributed by atoms with Gasteiger partial charge in [-0.05, 0) is 29.0 Å². The number of benzene rings is 3. The fourth-order valence-corrected chi connectivity index (χ4v) is 4.75. The number of amides is 2. The molecule has 10 heteroatoms. The minimum atomic E-state index is -0.255. The van der Waals surface area contributed by atoms with Crippen molar-refractivity contribution < 1.29 is 19.1 Å². The minimum Gasteiger partial charge on any atom is -0.454 e. The number of anilines is 2. The van der Waals surface area contributed by atoms with Gasteiger partial charge in [-0.1, -0.05) is 59.5 Å². The molecule has 8 nitrogen and oxygen atoms in total. The van der Waals surface area contributed by atoms with Gasteiger partial charge >= 0.3 is 0 Å². The summed E-state index contributed by atoms with van der Waals surface area (Å²) < 4.78 is 11.2. The van der Waals surface area contributed by atoms with Crippen molar-refractivity contribution in [2.24, 2.45) is 0 Å². The van der Waals surface area contributed by atoms with E-state index in [9.17, 15) is 9.59 Å². The lowest BCUT2D eigenvalue weighted by Gasteiger charge is -2.05. The van der Waals surface area contributed by atoms with Crippen LogP contribution in [-0.4, -0.2) is 34.6 Å². The number of hydrogen-bond donors (Lipinski definition) is 2. The quantitative estimate of drug-likeness (QED) is 0.322. The minimum absolute atomic E-state index is 0.153. The first-order valence-electron chi connectivity index (χ1n) is 9.61. The van der Waals surface area contributed by atoms with Crippen molar-refractivity contribution in [2.75, 3.05) is 23.2 Å². The van der Waals surface area contributed by atoms with Crippen molar-refractivity contribution in [3.63, 3.8) is 0 Å². The zero-order chi connectivity index (χ0) is 21.9. The summed E-state index contributed by atoms with van der Waals surface area (Å²) in [6.45, 7) is 0.180. The fraction of sp³-hybridized carbons (Fsp3) is 0.0909.